The lowest BCUT2D eigenvalue weighted by Gasteiger charge is -2.08. The minimum atomic E-state index is -4.49. The number of nitrogens with zero attached hydrogens (tertiary/aromatic N) is 1. The van der Waals surface area contributed by atoms with Gasteiger partial charge in [0.05, 0.1) is 17.2 Å². The number of rotatable bonds is 3. The van der Waals surface area contributed by atoms with Gasteiger partial charge in [-0.3, -0.25) is 4.79 Å². The van der Waals surface area contributed by atoms with Crippen LogP contribution in [0.4, 0.5) is 13.2 Å². The van der Waals surface area contributed by atoms with Crippen LogP contribution in [0.15, 0.2) is 24.3 Å². The number of carbonyl (C=O) groups excluding carboxylic acids is 1. The van der Waals surface area contributed by atoms with Crippen LogP contribution in [0.3, 0.4) is 0 Å². The maximum Gasteiger partial charge on any atom is 0.416 e. The van der Waals surface area contributed by atoms with Gasteiger partial charge in [-0.15, -0.1) is 0 Å². The predicted octanol–water partition coefficient (Wildman–Crippen LogP) is 2.73. The minimum Gasteiger partial charge on any atom is -0.353 e. The summed E-state index contributed by atoms with van der Waals surface area (Å²) in [5.74, 6) is -0.230. The SMILES string of the molecule is CC(=O)NCC=Cc1cc(C#N)cc(C(F)(F)F)c1. The lowest BCUT2D eigenvalue weighted by molar-refractivity contribution is -0.137. The van der Waals surface area contributed by atoms with Crippen LogP contribution in [0.1, 0.15) is 23.6 Å². The van der Waals surface area contributed by atoms with Crippen molar-refractivity contribution in [3.8, 4) is 6.07 Å². The van der Waals surface area contributed by atoms with Crippen molar-refractivity contribution < 1.29 is 18.0 Å². The summed E-state index contributed by atoms with van der Waals surface area (Å²) in [7, 11) is 0. The Morgan fingerprint density at radius 2 is 2.11 bits per heavy atom. The highest BCUT2D eigenvalue weighted by Crippen LogP contribution is 2.30. The number of halogens is 3. The number of carbonyl (C=O) groups is 1. The zero-order valence-corrected chi connectivity index (χ0v) is 10.1. The van der Waals surface area contributed by atoms with Gasteiger partial charge in [0.15, 0.2) is 0 Å². The second kappa shape index (κ2) is 6.05. The number of alkyl halides is 3. The summed E-state index contributed by atoms with van der Waals surface area (Å²) in [6.45, 7) is 1.55. The van der Waals surface area contributed by atoms with Crippen molar-refractivity contribution in [2.75, 3.05) is 6.54 Å². The summed E-state index contributed by atoms with van der Waals surface area (Å²) in [4.78, 5) is 10.6. The van der Waals surface area contributed by atoms with Crippen LogP contribution in [0.25, 0.3) is 6.08 Å². The second-order valence-electron chi connectivity index (χ2n) is 3.79. The van der Waals surface area contributed by atoms with Crippen LogP contribution in [0, 0.1) is 11.3 Å². The van der Waals surface area contributed by atoms with Gasteiger partial charge in [-0.05, 0) is 23.8 Å². The Hall–Kier alpha value is -2.29. The Labute approximate surface area is 108 Å². The molecule has 0 fully saturated rings. The molecule has 0 aromatic heterocycles. The highest BCUT2D eigenvalue weighted by atomic mass is 19.4. The molecule has 1 rings (SSSR count). The molecule has 0 spiro atoms. The summed E-state index contributed by atoms with van der Waals surface area (Å²) in [6, 6.07) is 4.78. The number of hydrogen-bond donors (Lipinski definition) is 1. The largest absolute Gasteiger partial charge is 0.416 e. The molecule has 0 atom stereocenters. The second-order valence-corrected chi connectivity index (χ2v) is 3.79. The van der Waals surface area contributed by atoms with Crippen molar-refractivity contribution in [2.45, 2.75) is 13.1 Å². The monoisotopic (exact) mass is 268 g/mol. The Morgan fingerprint density at radius 3 is 2.63 bits per heavy atom. The molecule has 0 heterocycles. The van der Waals surface area contributed by atoms with E-state index in [0.29, 0.717) is 0 Å². The van der Waals surface area contributed by atoms with Crippen LogP contribution < -0.4 is 5.32 Å². The van der Waals surface area contributed by atoms with Gasteiger partial charge in [0.2, 0.25) is 5.91 Å². The van der Waals surface area contributed by atoms with Crippen LogP contribution in [-0.4, -0.2) is 12.5 Å². The Balaban J connectivity index is 2.95. The van der Waals surface area contributed by atoms with Crippen LogP contribution in [0.2, 0.25) is 0 Å². The summed E-state index contributed by atoms with van der Waals surface area (Å²) in [5, 5.41) is 11.2. The van der Waals surface area contributed by atoms with Crippen molar-refractivity contribution in [1.29, 1.82) is 5.26 Å². The zero-order chi connectivity index (χ0) is 14.5. The first-order valence-electron chi connectivity index (χ1n) is 5.36. The minimum absolute atomic E-state index is 0.0611. The molecule has 0 saturated heterocycles. The Bertz CT molecular complexity index is 542. The number of nitrogens with one attached hydrogen (secondary N) is 1. The molecule has 1 N–H and O–H groups in total. The van der Waals surface area contributed by atoms with E-state index in [-0.39, 0.29) is 23.6 Å². The molecular weight excluding hydrogens is 257 g/mol. The van der Waals surface area contributed by atoms with Crippen molar-refractivity contribution in [3.05, 3.63) is 41.0 Å². The number of hydrogen-bond acceptors (Lipinski definition) is 2. The summed E-state index contributed by atoms with van der Waals surface area (Å²) in [5.41, 5.74) is -0.670. The summed E-state index contributed by atoms with van der Waals surface area (Å²) < 4.78 is 37.8. The highest BCUT2D eigenvalue weighted by molar-refractivity contribution is 5.73. The van der Waals surface area contributed by atoms with Gasteiger partial charge < -0.3 is 5.32 Å². The molecule has 0 saturated carbocycles. The van der Waals surface area contributed by atoms with Gasteiger partial charge >= 0.3 is 6.18 Å². The third-order valence-electron chi connectivity index (χ3n) is 2.19. The quantitative estimate of drug-likeness (QED) is 0.916. The number of nitriles is 1. The van der Waals surface area contributed by atoms with Crippen molar-refractivity contribution in [2.24, 2.45) is 0 Å². The van der Waals surface area contributed by atoms with Gasteiger partial charge in [-0.25, -0.2) is 0 Å². The average Bonchev–Trinajstić information content (AvgIpc) is 2.33. The van der Waals surface area contributed by atoms with Gasteiger partial charge in [-0.1, -0.05) is 12.2 Å². The third-order valence-corrected chi connectivity index (χ3v) is 2.19. The topological polar surface area (TPSA) is 52.9 Å². The Morgan fingerprint density at radius 1 is 1.42 bits per heavy atom. The number of amides is 1. The smallest absolute Gasteiger partial charge is 0.353 e. The molecule has 0 aliphatic carbocycles. The summed E-state index contributed by atoms with van der Waals surface area (Å²) in [6.07, 6.45) is -1.56. The van der Waals surface area contributed by atoms with E-state index in [2.05, 4.69) is 5.32 Å². The van der Waals surface area contributed by atoms with Crippen LogP contribution in [-0.2, 0) is 11.0 Å². The first kappa shape index (κ1) is 14.8. The molecule has 1 amide bonds. The fourth-order valence-corrected chi connectivity index (χ4v) is 1.37. The molecule has 19 heavy (non-hydrogen) atoms. The van der Waals surface area contributed by atoms with Gasteiger partial charge in [0.25, 0.3) is 0 Å². The molecule has 3 nitrogen and oxygen atoms in total. The van der Waals surface area contributed by atoms with Crippen molar-refractivity contribution >= 4 is 12.0 Å². The van der Waals surface area contributed by atoms with E-state index in [0.717, 1.165) is 12.1 Å². The van der Waals surface area contributed by atoms with E-state index in [1.165, 1.54) is 25.1 Å². The molecule has 6 heteroatoms. The number of benzene rings is 1. The molecule has 100 valence electrons. The standard InChI is InChI=1S/C13H11F3N2O/c1-9(19)18-4-2-3-10-5-11(8-17)7-12(6-10)13(14,15)16/h2-3,5-7H,4H2,1H3,(H,18,19). The molecule has 0 aliphatic rings. The van der Waals surface area contributed by atoms with Crippen LogP contribution >= 0.6 is 0 Å². The third kappa shape index (κ3) is 4.84. The molecule has 0 unspecified atom stereocenters. The first-order chi connectivity index (χ1) is 8.82. The van der Waals surface area contributed by atoms with Gasteiger partial charge in [0, 0.05) is 13.5 Å². The predicted molar refractivity (Wildman–Crippen MR) is 63.9 cm³/mol. The highest BCUT2D eigenvalue weighted by Gasteiger charge is 2.30. The maximum absolute atomic E-state index is 12.6. The average molecular weight is 268 g/mol. The molecule has 0 aliphatic heterocycles. The first-order valence-corrected chi connectivity index (χ1v) is 5.36. The van der Waals surface area contributed by atoms with E-state index >= 15 is 0 Å². The van der Waals surface area contributed by atoms with Crippen LogP contribution in [0.5, 0.6) is 0 Å². The fraction of sp³-hybridized carbons (Fsp3) is 0.231. The lowest BCUT2D eigenvalue weighted by Crippen LogP contribution is -2.19. The molecule has 0 bridgehead atoms. The summed E-state index contributed by atoms with van der Waals surface area (Å²) >= 11 is 0. The van der Waals surface area contributed by atoms with E-state index in [9.17, 15) is 18.0 Å². The van der Waals surface area contributed by atoms with Gasteiger partial charge in [0.1, 0.15) is 0 Å². The molecule has 0 radical (unpaired) electrons. The zero-order valence-electron chi connectivity index (χ0n) is 10.1. The van der Waals surface area contributed by atoms with Gasteiger partial charge in [-0.2, -0.15) is 18.4 Å². The van der Waals surface area contributed by atoms with E-state index in [4.69, 9.17) is 5.26 Å². The van der Waals surface area contributed by atoms with E-state index < -0.39 is 11.7 Å². The normalized spacial score (nSPS) is 11.3. The molecule has 1 aromatic carbocycles. The van der Waals surface area contributed by atoms with E-state index in [1.54, 1.807) is 6.07 Å². The van der Waals surface area contributed by atoms with Crippen molar-refractivity contribution in [1.82, 2.24) is 5.32 Å². The van der Waals surface area contributed by atoms with E-state index in [1.807, 2.05) is 0 Å². The molecular formula is C13H11F3N2O. The maximum atomic E-state index is 12.6. The Kier molecular flexibility index (Phi) is 4.70. The lowest BCUT2D eigenvalue weighted by atomic mass is 10.1. The fourth-order valence-electron chi connectivity index (χ4n) is 1.37. The molecule has 1 aromatic rings. The van der Waals surface area contributed by atoms with Crippen molar-refractivity contribution in [3.63, 3.8) is 0 Å².